The molecule has 0 aromatic heterocycles. The van der Waals surface area contributed by atoms with Crippen LogP contribution in [-0.4, -0.2) is 13.6 Å². The molecule has 0 rings (SSSR count). The molecule has 0 radical (unpaired) electrons. The normalized spacial score (nSPS) is 10.9. The first kappa shape index (κ1) is 16.0. The van der Waals surface area contributed by atoms with Crippen LogP contribution in [0.1, 0.15) is 84.0 Å². The van der Waals surface area contributed by atoms with Gasteiger partial charge in [0.25, 0.3) is 0 Å². The third-order valence-corrected chi connectivity index (χ3v) is 3.28. The highest BCUT2D eigenvalue weighted by atomic mass is 14.8. The van der Waals surface area contributed by atoms with Crippen molar-refractivity contribution in [2.45, 2.75) is 84.0 Å². The molecule has 0 aromatic carbocycles. The topological polar surface area (TPSA) is 12.0 Å². The molecular weight excluding hydrogens is 194 g/mol. The second-order valence-electron chi connectivity index (χ2n) is 4.99. The van der Waals surface area contributed by atoms with Crippen LogP contribution in [0.2, 0.25) is 0 Å². The number of rotatable bonds is 13. The smallest absolute Gasteiger partial charge is 0.00519 e. The summed E-state index contributed by atoms with van der Waals surface area (Å²) in [5, 5.41) is 3.20. The van der Waals surface area contributed by atoms with Gasteiger partial charge < -0.3 is 5.32 Å². The van der Waals surface area contributed by atoms with Gasteiger partial charge in [-0.25, -0.2) is 0 Å². The Morgan fingerprint density at radius 2 is 0.938 bits per heavy atom. The summed E-state index contributed by atoms with van der Waals surface area (Å²) < 4.78 is 0. The van der Waals surface area contributed by atoms with Crippen molar-refractivity contribution < 1.29 is 0 Å². The lowest BCUT2D eigenvalue weighted by Gasteiger charge is -2.02. The average Bonchev–Trinajstić information content (AvgIpc) is 2.31. The lowest BCUT2D eigenvalue weighted by atomic mass is 10.1. The van der Waals surface area contributed by atoms with Gasteiger partial charge in [-0.2, -0.15) is 0 Å². The molecule has 0 fully saturated rings. The Morgan fingerprint density at radius 3 is 1.31 bits per heavy atom. The second kappa shape index (κ2) is 15.0. The van der Waals surface area contributed by atoms with E-state index in [2.05, 4.69) is 12.2 Å². The first-order valence-corrected chi connectivity index (χ1v) is 7.56. The van der Waals surface area contributed by atoms with Gasteiger partial charge >= 0.3 is 0 Å². The van der Waals surface area contributed by atoms with Crippen molar-refractivity contribution >= 4 is 0 Å². The summed E-state index contributed by atoms with van der Waals surface area (Å²) in [7, 11) is 2.04. The van der Waals surface area contributed by atoms with Crippen LogP contribution in [0, 0.1) is 0 Å². The Morgan fingerprint density at radius 1 is 0.562 bits per heavy atom. The molecule has 0 aliphatic rings. The second-order valence-corrected chi connectivity index (χ2v) is 4.99. The van der Waals surface area contributed by atoms with Gasteiger partial charge in [0.15, 0.2) is 0 Å². The van der Waals surface area contributed by atoms with Crippen molar-refractivity contribution in [3.63, 3.8) is 0 Å². The first-order valence-electron chi connectivity index (χ1n) is 7.56. The summed E-state index contributed by atoms with van der Waals surface area (Å²) in [5.41, 5.74) is 0. The third kappa shape index (κ3) is 14.0. The Bertz CT molecular complexity index is 98.0. The van der Waals surface area contributed by atoms with E-state index in [0.29, 0.717) is 0 Å². The van der Waals surface area contributed by atoms with E-state index >= 15 is 0 Å². The summed E-state index contributed by atoms with van der Waals surface area (Å²) in [6, 6.07) is 0. The Balaban J connectivity index is 2.83. The fourth-order valence-corrected chi connectivity index (χ4v) is 2.14. The molecule has 0 atom stereocenters. The van der Waals surface area contributed by atoms with Gasteiger partial charge in [0.1, 0.15) is 0 Å². The molecule has 1 N–H and O–H groups in total. The van der Waals surface area contributed by atoms with Crippen molar-refractivity contribution in [2.24, 2.45) is 0 Å². The molecule has 0 saturated heterocycles. The maximum Gasteiger partial charge on any atom is -0.00519 e. The van der Waals surface area contributed by atoms with Crippen molar-refractivity contribution in [1.29, 1.82) is 0 Å². The monoisotopic (exact) mass is 227 g/mol. The van der Waals surface area contributed by atoms with Gasteiger partial charge in [0, 0.05) is 0 Å². The zero-order valence-corrected chi connectivity index (χ0v) is 11.7. The molecule has 0 aliphatic heterocycles. The minimum absolute atomic E-state index is 1.19. The van der Waals surface area contributed by atoms with Crippen molar-refractivity contribution in [1.82, 2.24) is 5.32 Å². The lowest BCUT2D eigenvalue weighted by Crippen LogP contribution is -2.06. The molecule has 0 spiro atoms. The summed E-state index contributed by atoms with van der Waals surface area (Å²) in [6.07, 6.45) is 17.3. The molecule has 0 unspecified atom stereocenters. The van der Waals surface area contributed by atoms with Crippen LogP contribution in [0.3, 0.4) is 0 Å². The van der Waals surface area contributed by atoms with E-state index in [0.717, 1.165) is 0 Å². The molecule has 0 aromatic rings. The maximum atomic E-state index is 3.20. The number of nitrogens with one attached hydrogen (secondary N) is 1. The van der Waals surface area contributed by atoms with E-state index in [4.69, 9.17) is 0 Å². The van der Waals surface area contributed by atoms with Gasteiger partial charge in [-0.1, -0.05) is 77.6 Å². The highest BCUT2D eigenvalue weighted by Crippen LogP contribution is 2.11. The largest absolute Gasteiger partial charge is 0.320 e. The van der Waals surface area contributed by atoms with Crippen LogP contribution >= 0.6 is 0 Å². The molecule has 0 aliphatic carbocycles. The molecule has 0 amide bonds. The van der Waals surface area contributed by atoms with Crippen molar-refractivity contribution in [3.8, 4) is 0 Å². The summed E-state index contributed by atoms with van der Waals surface area (Å²) in [4.78, 5) is 0. The van der Waals surface area contributed by atoms with E-state index < -0.39 is 0 Å². The molecular formula is C15H33N. The quantitative estimate of drug-likeness (QED) is 0.441. The number of hydrogen-bond acceptors (Lipinski definition) is 1. The minimum atomic E-state index is 1.19. The van der Waals surface area contributed by atoms with E-state index in [1.165, 1.54) is 83.6 Å². The fraction of sp³-hybridized carbons (Fsp3) is 1.00. The van der Waals surface area contributed by atoms with Crippen LogP contribution in [0.25, 0.3) is 0 Å². The van der Waals surface area contributed by atoms with Gasteiger partial charge in [-0.05, 0) is 20.0 Å². The van der Waals surface area contributed by atoms with Crippen LogP contribution in [-0.2, 0) is 0 Å². The molecule has 0 heterocycles. The van der Waals surface area contributed by atoms with Crippen LogP contribution in [0.4, 0.5) is 0 Å². The average molecular weight is 227 g/mol. The number of unbranched alkanes of at least 4 members (excludes halogenated alkanes) is 11. The van der Waals surface area contributed by atoms with E-state index in [9.17, 15) is 0 Å². The highest BCUT2D eigenvalue weighted by Gasteiger charge is 1.92. The van der Waals surface area contributed by atoms with E-state index in [-0.39, 0.29) is 0 Å². The van der Waals surface area contributed by atoms with E-state index in [1.54, 1.807) is 0 Å². The highest BCUT2D eigenvalue weighted by molar-refractivity contribution is 4.49. The predicted octanol–water partition coefficient (Wildman–Crippen LogP) is 4.91. The SMILES string of the molecule is CCCCCCCCCCCCCCNC. The standard InChI is InChI=1S/C15H33N/c1-3-4-5-6-7-8-9-10-11-12-13-14-15-16-2/h16H,3-15H2,1-2H3. The maximum absolute atomic E-state index is 3.20. The van der Waals surface area contributed by atoms with Crippen LogP contribution < -0.4 is 5.32 Å². The zero-order chi connectivity index (χ0) is 11.9. The molecule has 16 heavy (non-hydrogen) atoms. The lowest BCUT2D eigenvalue weighted by molar-refractivity contribution is 0.541. The Labute approximate surface area is 103 Å². The fourth-order valence-electron chi connectivity index (χ4n) is 2.14. The summed E-state index contributed by atoms with van der Waals surface area (Å²) >= 11 is 0. The number of hydrogen-bond donors (Lipinski definition) is 1. The molecule has 1 heteroatoms. The van der Waals surface area contributed by atoms with Crippen LogP contribution in [0.15, 0.2) is 0 Å². The predicted molar refractivity (Wildman–Crippen MR) is 75.0 cm³/mol. The summed E-state index contributed by atoms with van der Waals surface area (Å²) in [5.74, 6) is 0. The first-order chi connectivity index (χ1) is 7.91. The Kier molecular flexibility index (Phi) is 14.9. The van der Waals surface area contributed by atoms with Gasteiger partial charge in [0.2, 0.25) is 0 Å². The Hall–Kier alpha value is -0.0400. The van der Waals surface area contributed by atoms with Gasteiger partial charge in [-0.15, -0.1) is 0 Å². The third-order valence-electron chi connectivity index (χ3n) is 3.28. The molecule has 0 bridgehead atoms. The minimum Gasteiger partial charge on any atom is -0.320 e. The van der Waals surface area contributed by atoms with Crippen molar-refractivity contribution in [2.75, 3.05) is 13.6 Å². The molecule has 0 saturated carbocycles. The van der Waals surface area contributed by atoms with Gasteiger partial charge in [0.05, 0.1) is 0 Å². The molecule has 1 nitrogen and oxygen atoms in total. The molecule has 98 valence electrons. The van der Waals surface area contributed by atoms with E-state index in [1.807, 2.05) is 7.05 Å². The van der Waals surface area contributed by atoms with Crippen LogP contribution in [0.5, 0.6) is 0 Å². The van der Waals surface area contributed by atoms with Crippen molar-refractivity contribution in [3.05, 3.63) is 0 Å². The van der Waals surface area contributed by atoms with Gasteiger partial charge in [-0.3, -0.25) is 0 Å². The zero-order valence-electron chi connectivity index (χ0n) is 11.7. The summed E-state index contributed by atoms with van der Waals surface area (Å²) in [6.45, 7) is 3.48.